The maximum atomic E-state index is 11.5. The van der Waals surface area contributed by atoms with Crippen molar-refractivity contribution in [3.8, 4) is 11.1 Å². The van der Waals surface area contributed by atoms with E-state index in [9.17, 15) is 4.79 Å². The third-order valence-electron chi connectivity index (χ3n) is 4.16. The summed E-state index contributed by atoms with van der Waals surface area (Å²) in [6.07, 6.45) is 2.64. The number of hydrogen-bond acceptors (Lipinski definition) is 1. The molecule has 1 unspecified atom stereocenters. The van der Waals surface area contributed by atoms with Crippen LogP contribution in [0.15, 0.2) is 54.6 Å². The van der Waals surface area contributed by atoms with Gasteiger partial charge in [0, 0.05) is 19.5 Å². The first kappa shape index (κ1) is 12.9. The van der Waals surface area contributed by atoms with Gasteiger partial charge in [0.1, 0.15) is 0 Å². The van der Waals surface area contributed by atoms with Crippen LogP contribution in [0.3, 0.4) is 0 Å². The van der Waals surface area contributed by atoms with Gasteiger partial charge in [-0.15, -0.1) is 0 Å². The van der Waals surface area contributed by atoms with Crippen LogP contribution in [-0.2, 0) is 11.2 Å². The molecule has 1 aliphatic rings. The summed E-state index contributed by atoms with van der Waals surface area (Å²) in [6, 6.07) is 19.5. The second kappa shape index (κ2) is 5.49. The molecule has 0 aliphatic carbocycles. The van der Waals surface area contributed by atoms with Crippen LogP contribution in [0.1, 0.15) is 18.4 Å². The van der Waals surface area contributed by atoms with Crippen LogP contribution >= 0.6 is 0 Å². The fourth-order valence-electron chi connectivity index (χ4n) is 2.84. The molecule has 0 saturated carbocycles. The van der Waals surface area contributed by atoms with E-state index < -0.39 is 0 Å². The van der Waals surface area contributed by atoms with E-state index in [1.54, 1.807) is 0 Å². The molecule has 0 aromatic heterocycles. The van der Waals surface area contributed by atoms with Gasteiger partial charge in [-0.2, -0.15) is 0 Å². The molecule has 1 amide bonds. The van der Waals surface area contributed by atoms with Crippen LogP contribution in [0.4, 0.5) is 0 Å². The Labute approximate surface area is 120 Å². The lowest BCUT2D eigenvalue weighted by Crippen LogP contribution is -2.30. The molecule has 2 aromatic rings. The van der Waals surface area contributed by atoms with E-state index in [4.69, 9.17) is 0 Å². The average Bonchev–Trinajstić information content (AvgIpc) is 2.81. The molecule has 1 heterocycles. The van der Waals surface area contributed by atoms with Crippen molar-refractivity contribution in [2.75, 3.05) is 7.05 Å². The van der Waals surface area contributed by atoms with E-state index in [1.807, 2.05) is 18.0 Å². The summed E-state index contributed by atoms with van der Waals surface area (Å²) in [5.41, 5.74) is 3.79. The number of nitrogens with zero attached hydrogens (tertiary/aromatic N) is 1. The average molecular weight is 265 g/mol. The van der Waals surface area contributed by atoms with Gasteiger partial charge in [0.05, 0.1) is 0 Å². The van der Waals surface area contributed by atoms with Crippen LogP contribution in [0.25, 0.3) is 11.1 Å². The first-order valence-corrected chi connectivity index (χ1v) is 7.14. The molecule has 1 saturated heterocycles. The molecule has 1 aliphatic heterocycles. The van der Waals surface area contributed by atoms with Crippen LogP contribution in [0.2, 0.25) is 0 Å². The van der Waals surface area contributed by atoms with Gasteiger partial charge in [-0.1, -0.05) is 54.6 Å². The number of rotatable bonds is 3. The number of amides is 1. The zero-order valence-corrected chi connectivity index (χ0v) is 11.8. The summed E-state index contributed by atoms with van der Waals surface area (Å²) in [4.78, 5) is 13.4. The zero-order chi connectivity index (χ0) is 13.9. The van der Waals surface area contributed by atoms with Crippen molar-refractivity contribution in [1.29, 1.82) is 0 Å². The van der Waals surface area contributed by atoms with Crippen molar-refractivity contribution in [3.05, 3.63) is 60.2 Å². The summed E-state index contributed by atoms with van der Waals surface area (Å²) in [5.74, 6) is 0.274. The van der Waals surface area contributed by atoms with Crippen molar-refractivity contribution in [2.45, 2.75) is 25.3 Å². The Bertz CT molecular complexity index is 589. The molecule has 3 rings (SSSR count). The minimum absolute atomic E-state index is 0.274. The lowest BCUT2D eigenvalue weighted by molar-refractivity contribution is -0.127. The van der Waals surface area contributed by atoms with Crippen LogP contribution in [-0.4, -0.2) is 23.9 Å². The minimum Gasteiger partial charge on any atom is -0.342 e. The highest BCUT2D eigenvalue weighted by Gasteiger charge is 2.27. The molecular formula is C18H19NO. The van der Waals surface area contributed by atoms with Gasteiger partial charge in [-0.25, -0.2) is 0 Å². The van der Waals surface area contributed by atoms with Crippen molar-refractivity contribution >= 4 is 5.91 Å². The molecule has 1 fully saturated rings. The third kappa shape index (κ3) is 2.60. The van der Waals surface area contributed by atoms with Gasteiger partial charge in [0.25, 0.3) is 0 Å². The smallest absolute Gasteiger partial charge is 0.222 e. The van der Waals surface area contributed by atoms with E-state index in [2.05, 4.69) is 48.5 Å². The highest BCUT2D eigenvalue weighted by atomic mass is 16.2. The van der Waals surface area contributed by atoms with Crippen molar-refractivity contribution < 1.29 is 4.79 Å². The van der Waals surface area contributed by atoms with Crippen molar-refractivity contribution in [1.82, 2.24) is 4.90 Å². The van der Waals surface area contributed by atoms with E-state index in [0.29, 0.717) is 12.5 Å². The number of likely N-dealkylation sites (N-methyl/N-ethyl adjacent to an activating group) is 1. The minimum atomic E-state index is 0.274. The van der Waals surface area contributed by atoms with Gasteiger partial charge in [-0.05, 0) is 29.5 Å². The van der Waals surface area contributed by atoms with E-state index in [1.165, 1.54) is 16.7 Å². The summed E-state index contributed by atoms with van der Waals surface area (Å²) in [6.45, 7) is 0. The lowest BCUT2D eigenvalue weighted by Gasteiger charge is -2.19. The summed E-state index contributed by atoms with van der Waals surface area (Å²) < 4.78 is 0. The van der Waals surface area contributed by atoms with Gasteiger partial charge >= 0.3 is 0 Å². The summed E-state index contributed by atoms with van der Waals surface area (Å²) in [7, 11) is 1.92. The second-order valence-corrected chi connectivity index (χ2v) is 5.46. The van der Waals surface area contributed by atoms with Crippen LogP contribution in [0.5, 0.6) is 0 Å². The van der Waals surface area contributed by atoms with Gasteiger partial charge < -0.3 is 4.90 Å². The Balaban J connectivity index is 1.72. The molecular weight excluding hydrogens is 246 g/mol. The van der Waals surface area contributed by atoms with E-state index >= 15 is 0 Å². The topological polar surface area (TPSA) is 20.3 Å². The number of benzene rings is 2. The van der Waals surface area contributed by atoms with Crippen molar-refractivity contribution in [3.63, 3.8) is 0 Å². The number of hydrogen-bond donors (Lipinski definition) is 0. The van der Waals surface area contributed by atoms with Gasteiger partial charge in [-0.3, -0.25) is 4.79 Å². The zero-order valence-electron chi connectivity index (χ0n) is 11.8. The Morgan fingerprint density at radius 2 is 1.65 bits per heavy atom. The highest BCUT2D eigenvalue weighted by Crippen LogP contribution is 2.23. The normalized spacial score (nSPS) is 18.6. The lowest BCUT2D eigenvalue weighted by atomic mass is 10.00. The molecule has 1 atom stereocenters. The van der Waals surface area contributed by atoms with Crippen molar-refractivity contribution in [2.24, 2.45) is 0 Å². The molecule has 20 heavy (non-hydrogen) atoms. The van der Waals surface area contributed by atoms with Gasteiger partial charge in [0.2, 0.25) is 5.91 Å². The molecule has 102 valence electrons. The molecule has 2 aromatic carbocycles. The monoisotopic (exact) mass is 265 g/mol. The predicted octanol–water partition coefficient (Wildman–Crippen LogP) is 3.52. The molecule has 2 nitrogen and oxygen atoms in total. The Kier molecular flexibility index (Phi) is 3.55. The van der Waals surface area contributed by atoms with E-state index in [0.717, 1.165) is 12.8 Å². The predicted molar refractivity (Wildman–Crippen MR) is 81.4 cm³/mol. The standard InChI is InChI=1S/C18H19NO/c1-19-17(11-12-18(19)20)13-14-7-9-16(10-8-14)15-5-3-2-4-6-15/h2-10,17H,11-13H2,1H3. The summed E-state index contributed by atoms with van der Waals surface area (Å²) in [5, 5.41) is 0. The van der Waals surface area contributed by atoms with Crippen LogP contribution in [0, 0.1) is 0 Å². The molecule has 0 radical (unpaired) electrons. The second-order valence-electron chi connectivity index (χ2n) is 5.46. The SMILES string of the molecule is CN1C(=O)CCC1Cc1ccc(-c2ccccc2)cc1. The molecule has 0 N–H and O–H groups in total. The highest BCUT2D eigenvalue weighted by molar-refractivity contribution is 5.78. The largest absolute Gasteiger partial charge is 0.342 e. The summed E-state index contributed by atoms with van der Waals surface area (Å²) >= 11 is 0. The fourth-order valence-corrected chi connectivity index (χ4v) is 2.84. The van der Waals surface area contributed by atoms with Crippen LogP contribution < -0.4 is 0 Å². The quantitative estimate of drug-likeness (QED) is 0.831. The molecule has 0 spiro atoms. The Hall–Kier alpha value is -2.09. The number of likely N-dealkylation sites (tertiary alicyclic amines) is 1. The van der Waals surface area contributed by atoms with E-state index in [-0.39, 0.29) is 5.91 Å². The molecule has 0 bridgehead atoms. The third-order valence-corrected chi connectivity index (χ3v) is 4.16. The molecule has 2 heteroatoms. The first-order chi connectivity index (χ1) is 9.74. The fraction of sp³-hybridized carbons (Fsp3) is 0.278. The maximum absolute atomic E-state index is 11.5. The van der Waals surface area contributed by atoms with Gasteiger partial charge in [0.15, 0.2) is 0 Å². The number of carbonyl (C=O) groups excluding carboxylic acids is 1. The Morgan fingerprint density at radius 3 is 2.25 bits per heavy atom. The first-order valence-electron chi connectivity index (χ1n) is 7.14. The number of carbonyl (C=O) groups is 1. The Morgan fingerprint density at radius 1 is 1.00 bits per heavy atom. The maximum Gasteiger partial charge on any atom is 0.222 e.